The van der Waals surface area contributed by atoms with E-state index in [9.17, 15) is 4.21 Å². The molecule has 3 nitrogen and oxygen atoms in total. The van der Waals surface area contributed by atoms with Gasteiger partial charge in [-0.2, -0.15) is 0 Å². The molecule has 0 radical (unpaired) electrons. The Bertz CT molecular complexity index is 519. The zero-order valence-electron chi connectivity index (χ0n) is 8.85. The number of aromatic nitrogens is 1. The van der Waals surface area contributed by atoms with Crippen molar-refractivity contribution in [3.8, 4) is 0 Å². The fourth-order valence-corrected chi connectivity index (χ4v) is 2.81. The minimum atomic E-state index is -0.921. The SMILES string of the molecule is CN(C)c1nc2ccc(S(C)=O)cc2s1. The summed E-state index contributed by atoms with van der Waals surface area (Å²) < 4.78 is 12.4. The third kappa shape index (κ3) is 2.03. The smallest absolute Gasteiger partial charge is 0.185 e. The normalized spacial score (nSPS) is 13.0. The van der Waals surface area contributed by atoms with Gasteiger partial charge >= 0.3 is 0 Å². The summed E-state index contributed by atoms with van der Waals surface area (Å²) in [6, 6.07) is 5.75. The number of thiazole rings is 1. The summed E-state index contributed by atoms with van der Waals surface area (Å²) in [4.78, 5) is 7.30. The molecule has 80 valence electrons. The molecule has 0 amide bonds. The third-order valence-electron chi connectivity index (χ3n) is 2.06. The molecule has 1 aromatic heterocycles. The first-order valence-electron chi connectivity index (χ1n) is 4.49. The molecule has 0 aliphatic carbocycles. The topological polar surface area (TPSA) is 33.2 Å². The van der Waals surface area contributed by atoms with Crippen molar-refractivity contribution in [2.24, 2.45) is 0 Å². The molecule has 1 heterocycles. The van der Waals surface area contributed by atoms with E-state index in [0.717, 1.165) is 20.2 Å². The number of nitrogens with zero attached hydrogens (tertiary/aromatic N) is 2. The highest BCUT2D eigenvalue weighted by Crippen LogP contribution is 2.28. The van der Waals surface area contributed by atoms with Crippen molar-refractivity contribution in [2.45, 2.75) is 4.90 Å². The van der Waals surface area contributed by atoms with E-state index in [-0.39, 0.29) is 0 Å². The molecule has 0 aliphatic rings. The summed E-state index contributed by atoms with van der Waals surface area (Å²) in [5.41, 5.74) is 0.970. The molecular formula is C10H12N2OS2. The van der Waals surface area contributed by atoms with Crippen LogP contribution in [0.25, 0.3) is 10.2 Å². The van der Waals surface area contributed by atoms with E-state index < -0.39 is 10.8 Å². The second kappa shape index (κ2) is 3.90. The van der Waals surface area contributed by atoms with Gasteiger partial charge < -0.3 is 4.90 Å². The minimum Gasteiger partial charge on any atom is -0.354 e. The van der Waals surface area contributed by atoms with Crippen molar-refractivity contribution in [1.29, 1.82) is 0 Å². The van der Waals surface area contributed by atoms with Gasteiger partial charge in [-0.25, -0.2) is 4.98 Å². The number of hydrogen-bond donors (Lipinski definition) is 0. The fourth-order valence-electron chi connectivity index (χ4n) is 1.26. The summed E-state index contributed by atoms with van der Waals surface area (Å²) in [6.45, 7) is 0. The van der Waals surface area contributed by atoms with Gasteiger partial charge in [-0.05, 0) is 18.2 Å². The highest BCUT2D eigenvalue weighted by molar-refractivity contribution is 7.84. The Balaban J connectivity index is 2.57. The van der Waals surface area contributed by atoms with Crippen LogP contribution in [0.3, 0.4) is 0 Å². The van der Waals surface area contributed by atoms with Crippen LogP contribution in [0.2, 0.25) is 0 Å². The van der Waals surface area contributed by atoms with Crippen LogP contribution in [0.1, 0.15) is 0 Å². The zero-order chi connectivity index (χ0) is 11.0. The lowest BCUT2D eigenvalue weighted by Gasteiger charge is -2.04. The lowest BCUT2D eigenvalue weighted by molar-refractivity contribution is 0.687. The van der Waals surface area contributed by atoms with Gasteiger partial charge in [-0.15, -0.1) is 0 Å². The quantitative estimate of drug-likeness (QED) is 0.806. The molecule has 2 rings (SSSR count). The maximum absolute atomic E-state index is 11.3. The van der Waals surface area contributed by atoms with Gasteiger partial charge in [-0.1, -0.05) is 11.3 Å². The van der Waals surface area contributed by atoms with Crippen LogP contribution in [0.5, 0.6) is 0 Å². The lowest BCUT2D eigenvalue weighted by Crippen LogP contribution is -2.07. The van der Waals surface area contributed by atoms with Crippen LogP contribution in [0.15, 0.2) is 23.1 Å². The van der Waals surface area contributed by atoms with Gasteiger partial charge in [0.25, 0.3) is 0 Å². The van der Waals surface area contributed by atoms with Gasteiger partial charge in [-0.3, -0.25) is 4.21 Å². The van der Waals surface area contributed by atoms with Crippen LogP contribution in [-0.2, 0) is 10.8 Å². The van der Waals surface area contributed by atoms with Crippen LogP contribution in [-0.4, -0.2) is 29.5 Å². The molecule has 1 aromatic carbocycles. The second-order valence-corrected chi connectivity index (χ2v) is 5.86. The summed E-state index contributed by atoms with van der Waals surface area (Å²) in [7, 11) is 3.02. The van der Waals surface area contributed by atoms with E-state index in [0.29, 0.717) is 0 Å². The van der Waals surface area contributed by atoms with Gasteiger partial charge in [0.15, 0.2) is 5.13 Å². The number of benzene rings is 1. The molecule has 0 bridgehead atoms. The van der Waals surface area contributed by atoms with E-state index >= 15 is 0 Å². The summed E-state index contributed by atoms with van der Waals surface area (Å²) in [5.74, 6) is 0. The van der Waals surface area contributed by atoms with Crippen LogP contribution >= 0.6 is 11.3 Å². The molecule has 15 heavy (non-hydrogen) atoms. The fraction of sp³-hybridized carbons (Fsp3) is 0.300. The predicted molar refractivity (Wildman–Crippen MR) is 66.3 cm³/mol. The Labute approximate surface area is 95.2 Å². The molecule has 5 heteroatoms. The number of hydrogen-bond acceptors (Lipinski definition) is 4. The first kappa shape index (κ1) is 10.6. The predicted octanol–water partition coefficient (Wildman–Crippen LogP) is 2.10. The van der Waals surface area contributed by atoms with E-state index in [1.807, 2.05) is 37.2 Å². The van der Waals surface area contributed by atoms with Gasteiger partial charge in [0, 0.05) is 36.0 Å². The first-order chi connectivity index (χ1) is 7.08. The monoisotopic (exact) mass is 240 g/mol. The van der Waals surface area contributed by atoms with Gasteiger partial charge in [0.05, 0.1) is 10.2 Å². The summed E-state index contributed by atoms with van der Waals surface area (Å²) in [5, 5.41) is 0.976. The Hall–Kier alpha value is -0.940. The largest absolute Gasteiger partial charge is 0.354 e. The average Bonchev–Trinajstić information content (AvgIpc) is 2.59. The molecular weight excluding hydrogens is 228 g/mol. The summed E-state index contributed by atoms with van der Waals surface area (Å²) in [6.07, 6.45) is 1.69. The minimum absolute atomic E-state index is 0.858. The number of rotatable bonds is 2. The zero-order valence-corrected chi connectivity index (χ0v) is 10.5. The van der Waals surface area contributed by atoms with Crippen LogP contribution in [0, 0.1) is 0 Å². The Morgan fingerprint density at radius 1 is 1.40 bits per heavy atom. The van der Waals surface area contributed by atoms with Gasteiger partial charge in [0.2, 0.25) is 0 Å². The van der Waals surface area contributed by atoms with Crippen molar-refractivity contribution in [2.75, 3.05) is 25.3 Å². The molecule has 0 N–H and O–H groups in total. The van der Waals surface area contributed by atoms with E-state index in [2.05, 4.69) is 4.98 Å². The summed E-state index contributed by atoms with van der Waals surface area (Å²) >= 11 is 1.62. The molecule has 1 unspecified atom stereocenters. The van der Waals surface area contributed by atoms with Crippen molar-refractivity contribution < 1.29 is 4.21 Å². The maximum atomic E-state index is 11.3. The highest BCUT2D eigenvalue weighted by atomic mass is 32.2. The Morgan fingerprint density at radius 3 is 2.73 bits per heavy atom. The Morgan fingerprint density at radius 2 is 2.13 bits per heavy atom. The maximum Gasteiger partial charge on any atom is 0.185 e. The van der Waals surface area contributed by atoms with Crippen molar-refractivity contribution >= 4 is 37.5 Å². The van der Waals surface area contributed by atoms with E-state index in [1.54, 1.807) is 17.6 Å². The van der Waals surface area contributed by atoms with E-state index in [4.69, 9.17) is 0 Å². The molecule has 0 spiro atoms. The molecule has 0 aliphatic heterocycles. The van der Waals surface area contributed by atoms with Crippen molar-refractivity contribution in [3.05, 3.63) is 18.2 Å². The molecule has 2 aromatic rings. The second-order valence-electron chi connectivity index (χ2n) is 3.47. The highest BCUT2D eigenvalue weighted by Gasteiger charge is 2.06. The third-order valence-corrected chi connectivity index (χ3v) is 4.17. The number of anilines is 1. The molecule has 0 saturated carbocycles. The molecule has 1 atom stereocenters. The lowest BCUT2D eigenvalue weighted by atomic mass is 10.3. The van der Waals surface area contributed by atoms with Crippen molar-refractivity contribution in [3.63, 3.8) is 0 Å². The number of fused-ring (bicyclic) bond motifs is 1. The molecule has 0 fully saturated rings. The van der Waals surface area contributed by atoms with Crippen molar-refractivity contribution in [1.82, 2.24) is 4.98 Å². The van der Waals surface area contributed by atoms with E-state index in [1.165, 1.54) is 0 Å². The standard InChI is InChI=1S/C10H12N2OS2/c1-12(2)10-11-8-5-4-7(15(3)13)6-9(8)14-10/h4-6H,1-3H3. The first-order valence-corrected chi connectivity index (χ1v) is 6.87. The average molecular weight is 240 g/mol. The molecule has 0 saturated heterocycles. The van der Waals surface area contributed by atoms with Gasteiger partial charge in [0.1, 0.15) is 0 Å². The van der Waals surface area contributed by atoms with Crippen LogP contribution in [0.4, 0.5) is 5.13 Å². The Kier molecular flexibility index (Phi) is 2.75. The van der Waals surface area contributed by atoms with Crippen LogP contribution < -0.4 is 4.90 Å².